The number of nitrogens with zero attached hydrogens (tertiary/aromatic N) is 2. The summed E-state index contributed by atoms with van der Waals surface area (Å²) in [7, 11) is 0. The second-order valence-electron chi connectivity index (χ2n) is 6.44. The second-order valence-corrected chi connectivity index (χ2v) is 7.29. The Morgan fingerprint density at radius 3 is 2.77 bits per heavy atom. The van der Waals surface area contributed by atoms with E-state index in [-0.39, 0.29) is 12.0 Å². The Kier molecular flexibility index (Phi) is 5.32. The number of carbonyl (C=O) groups is 1. The van der Waals surface area contributed by atoms with E-state index in [9.17, 15) is 4.79 Å². The van der Waals surface area contributed by atoms with E-state index >= 15 is 0 Å². The number of aryl methyl sites for hydroxylation is 2. The molecule has 26 heavy (non-hydrogen) atoms. The summed E-state index contributed by atoms with van der Waals surface area (Å²) >= 11 is 3.54. The summed E-state index contributed by atoms with van der Waals surface area (Å²) in [6.45, 7) is 7.90. The second kappa shape index (κ2) is 7.50. The van der Waals surface area contributed by atoms with E-state index < -0.39 is 0 Å². The summed E-state index contributed by atoms with van der Waals surface area (Å²) in [5.41, 5.74) is 3.74. The van der Waals surface area contributed by atoms with Gasteiger partial charge < -0.3 is 10.1 Å². The number of para-hydroxylation sites is 2. The van der Waals surface area contributed by atoms with Gasteiger partial charge in [-0.1, -0.05) is 19.1 Å². The summed E-state index contributed by atoms with van der Waals surface area (Å²) in [5, 5.41) is 2.98. The first-order valence-electron chi connectivity index (χ1n) is 8.64. The van der Waals surface area contributed by atoms with Gasteiger partial charge >= 0.3 is 0 Å². The van der Waals surface area contributed by atoms with Gasteiger partial charge in [0.15, 0.2) is 5.65 Å². The minimum atomic E-state index is -0.202. The molecule has 0 atom stereocenters. The summed E-state index contributed by atoms with van der Waals surface area (Å²) in [5.74, 6) is 0.451. The van der Waals surface area contributed by atoms with Crippen molar-refractivity contribution in [2.45, 2.75) is 40.2 Å². The van der Waals surface area contributed by atoms with Crippen molar-refractivity contribution in [3.8, 4) is 5.75 Å². The number of nitrogens with one attached hydrogen (secondary N) is 1. The zero-order valence-electron chi connectivity index (χ0n) is 15.3. The van der Waals surface area contributed by atoms with Crippen LogP contribution < -0.4 is 10.1 Å². The molecule has 0 unspecified atom stereocenters. The van der Waals surface area contributed by atoms with E-state index in [1.54, 1.807) is 0 Å². The number of amides is 1. The molecule has 2 aromatic heterocycles. The Balaban J connectivity index is 2.04. The van der Waals surface area contributed by atoms with Crippen molar-refractivity contribution < 1.29 is 9.53 Å². The van der Waals surface area contributed by atoms with Crippen LogP contribution in [0.15, 0.2) is 41.0 Å². The molecule has 136 valence electrons. The van der Waals surface area contributed by atoms with Crippen LogP contribution in [0.5, 0.6) is 5.75 Å². The van der Waals surface area contributed by atoms with Crippen molar-refractivity contribution in [3.05, 3.63) is 58.0 Å². The highest BCUT2D eigenvalue weighted by molar-refractivity contribution is 9.10. The van der Waals surface area contributed by atoms with Crippen molar-refractivity contribution in [2.75, 3.05) is 5.32 Å². The number of ether oxygens (including phenoxy) is 1. The number of imidazole rings is 1. The Morgan fingerprint density at radius 2 is 2.08 bits per heavy atom. The molecule has 3 rings (SSSR count). The molecule has 0 radical (unpaired) electrons. The van der Waals surface area contributed by atoms with Gasteiger partial charge in [-0.2, -0.15) is 0 Å². The van der Waals surface area contributed by atoms with Gasteiger partial charge in [-0.05, 0) is 66.9 Å². The predicted molar refractivity (Wildman–Crippen MR) is 107 cm³/mol. The van der Waals surface area contributed by atoms with E-state index in [1.165, 1.54) is 0 Å². The highest BCUT2D eigenvalue weighted by Gasteiger charge is 2.21. The molecule has 0 aliphatic heterocycles. The molecule has 3 aromatic rings. The maximum atomic E-state index is 13.1. The number of aromatic nitrogens is 2. The van der Waals surface area contributed by atoms with E-state index in [0.717, 1.165) is 21.4 Å². The van der Waals surface area contributed by atoms with Gasteiger partial charge in [-0.25, -0.2) is 4.98 Å². The van der Waals surface area contributed by atoms with Crippen molar-refractivity contribution in [2.24, 2.45) is 0 Å². The normalized spacial score (nSPS) is 11.2. The number of hydrogen-bond acceptors (Lipinski definition) is 3. The van der Waals surface area contributed by atoms with Crippen molar-refractivity contribution >= 4 is 33.2 Å². The molecule has 2 heterocycles. The molecule has 0 saturated heterocycles. The van der Waals surface area contributed by atoms with E-state index in [0.29, 0.717) is 23.6 Å². The molecule has 6 heteroatoms. The highest BCUT2D eigenvalue weighted by atomic mass is 79.9. The Hall–Kier alpha value is -2.34. The Morgan fingerprint density at radius 1 is 1.35 bits per heavy atom. The Labute approximate surface area is 161 Å². The largest absolute Gasteiger partial charge is 0.489 e. The molecule has 0 bridgehead atoms. The lowest BCUT2D eigenvalue weighted by Crippen LogP contribution is -2.18. The summed E-state index contributed by atoms with van der Waals surface area (Å²) < 4.78 is 8.52. The number of anilines is 1. The first kappa shape index (κ1) is 18.5. The zero-order valence-corrected chi connectivity index (χ0v) is 16.9. The smallest absolute Gasteiger partial charge is 0.274 e. The van der Waals surface area contributed by atoms with Gasteiger partial charge in [-0.15, -0.1) is 0 Å². The average Bonchev–Trinajstić information content (AvgIpc) is 2.95. The van der Waals surface area contributed by atoms with Crippen LogP contribution in [-0.4, -0.2) is 21.4 Å². The van der Waals surface area contributed by atoms with Crippen LogP contribution in [0.2, 0.25) is 0 Å². The molecule has 0 aliphatic rings. The lowest BCUT2D eigenvalue weighted by atomic mass is 10.2. The molecular weight excluding hydrogens is 394 g/mol. The van der Waals surface area contributed by atoms with Crippen molar-refractivity contribution in [1.82, 2.24) is 9.38 Å². The van der Waals surface area contributed by atoms with Crippen LogP contribution in [0.3, 0.4) is 0 Å². The number of halogens is 1. The monoisotopic (exact) mass is 415 g/mol. The van der Waals surface area contributed by atoms with Gasteiger partial charge in [0.05, 0.1) is 22.0 Å². The van der Waals surface area contributed by atoms with Crippen LogP contribution in [0, 0.1) is 6.92 Å². The molecule has 1 N–H and O–H groups in total. The summed E-state index contributed by atoms with van der Waals surface area (Å²) in [6.07, 6.45) is 2.62. The molecule has 0 aliphatic carbocycles. The predicted octanol–water partition coefficient (Wildman–Crippen LogP) is 5.01. The molecule has 0 fully saturated rings. The van der Waals surface area contributed by atoms with Gasteiger partial charge in [0.2, 0.25) is 0 Å². The minimum Gasteiger partial charge on any atom is -0.489 e. The van der Waals surface area contributed by atoms with Crippen LogP contribution in [-0.2, 0) is 6.42 Å². The van der Waals surface area contributed by atoms with Crippen molar-refractivity contribution in [3.63, 3.8) is 0 Å². The molecule has 0 saturated carbocycles. The van der Waals surface area contributed by atoms with Crippen LogP contribution in [0.1, 0.15) is 42.5 Å². The molecule has 1 aromatic carbocycles. The first-order valence-corrected chi connectivity index (χ1v) is 9.44. The number of hydrogen-bond donors (Lipinski definition) is 1. The maximum Gasteiger partial charge on any atom is 0.274 e. The quantitative estimate of drug-likeness (QED) is 0.637. The topological polar surface area (TPSA) is 55.6 Å². The summed E-state index contributed by atoms with van der Waals surface area (Å²) in [4.78, 5) is 17.7. The van der Waals surface area contributed by atoms with Crippen LogP contribution in [0.25, 0.3) is 5.65 Å². The SMILES string of the molecule is CCc1nc2c(Br)cc(C)cn2c1C(=O)Nc1ccccc1OC(C)C. The highest BCUT2D eigenvalue weighted by Crippen LogP contribution is 2.27. The van der Waals surface area contributed by atoms with E-state index in [1.807, 2.05) is 68.6 Å². The Bertz CT molecular complexity index is 963. The third-order valence-electron chi connectivity index (χ3n) is 3.93. The van der Waals surface area contributed by atoms with Crippen LogP contribution >= 0.6 is 15.9 Å². The lowest BCUT2D eigenvalue weighted by molar-refractivity contribution is 0.101. The number of benzene rings is 1. The number of carbonyl (C=O) groups excluding carboxylic acids is 1. The number of pyridine rings is 1. The fraction of sp³-hybridized carbons (Fsp3) is 0.300. The van der Waals surface area contributed by atoms with Crippen LogP contribution in [0.4, 0.5) is 5.69 Å². The third-order valence-corrected chi connectivity index (χ3v) is 4.52. The molecule has 1 amide bonds. The average molecular weight is 416 g/mol. The number of rotatable bonds is 5. The molecular formula is C20H22BrN3O2. The van der Waals surface area contributed by atoms with E-state index in [2.05, 4.69) is 26.2 Å². The van der Waals surface area contributed by atoms with Crippen molar-refractivity contribution in [1.29, 1.82) is 0 Å². The maximum absolute atomic E-state index is 13.1. The van der Waals surface area contributed by atoms with Gasteiger partial charge in [-0.3, -0.25) is 9.20 Å². The third kappa shape index (κ3) is 3.60. The fourth-order valence-corrected chi connectivity index (χ4v) is 3.51. The zero-order chi connectivity index (χ0) is 18.8. The van der Waals surface area contributed by atoms with Gasteiger partial charge in [0, 0.05) is 6.20 Å². The summed E-state index contributed by atoms with van der Waals surface area (Å²) in [6, 6.07) is 9.45. The van der Waals surface area contributed by atoms with Gasteiger partial charge in [0.25, 0.3) is 5.91 Å². The molecule has 0 spiro atoms. The fourth-order valence-electron chi connectivity index (χ4n) is 2.87. The first-order chi connectivity index (χ1) is 12.4. The standard InChI is InChI=1S/C20H22BrN3O2/c1-5-15-18(24-11-13(4)10-14(21)19(24)22-15)20(25)23-16-8-6-7-9-17(16)26-12(2)3/h6-12H,5H2,1-4H3,(H,23,25). The number of fused-ring (bicyclic) bond motifs is 1. The molecule has 5 nitrogen and oxygen atoms in total. The van der Waals surface area contributed by atoms with Gasteiger partial charge in [0.1, 0.15) is 11.4 Å². The van der Waals surface area contributed by atoms with E-state index in [4.69, 9.17) is 4.74 Å². The minimum absolute atomic E-state index is 0.0219. The lowest BCUT2D eigenvalue weighted by Gasteiger charge is -2.15.